The van der Waals surface area contributed by atoms with Crippen molar-refractivity contribution in [1.82, 2.24) is 0 Å². The van der Waals surface area contributed by atoms with Crippen molar-refractivity contribution >= 4 is 28.6 Å². The maximum atomic E-state index is 17.1. The fourth-order valence-electron chi connectivity index (χ4n) is 8.59. The molecule has 2 unspecified atom stereocenters. The molecule has 0 heterocycles. The van der Waals surface area contributed by atoms with E-state index in [1.54, 1.807) is 6.92 Å². The van der Waals surface area contributed by atoms with Crippen molar-refractivity contribution < 1.29 is 37.4 Å². The number of hydrogen-bond acceptors (Lipinski definition) is 6. The van der Waals surface area contributed by atoms with Gasteiger partial charge in [-0.2, -0.15) is 0 Å². The first-order valence-corrected chi connectivity index (χ1v) is 14.7. The van der Waals surface area contributed by atoms with E-state index in [2.05, 4.69) is 0 Å². The molecule has 0 radical (unpaired) electrons. The van der Waals surface area contributed by atoms with E-state index in [0.717, 1.165) is 0 Å². The van der Waals surface area contributed by atoms with Gasteiger partial charge in [-0.05, 0) is 82.4 Å². The second-order valence-corrected chi connectivity index (χ2v) is 13.6. The number of ketones is 1. The summed E-state index contributed by atoms with van der Waals surface area (Å²) in [6.45, 7) is 5.18. The van der Waals surface area contributed by atoms with Crippen LogP contribution in [0.1, 0.15) is 78.6 Å². The first kappa shape index (κ1) is 27.9. The fourth-order valence-corrected chi connectivity index (χ4v) is 9.26. The molecular formula is C29H37F3O5S. The van der Waals surface area contributed by atoms with Gasteiger partial charge in [0.05, 0.1) is 0 Å². The highest BCUT2D eigenvalue weighted by molar-refractivity contribution is 8.13. The predicted molar refractivity (Wildman–Crippen MR) is 137 cm³/mol. The Morgan fingerprint density at radius 1 is 1.11 bits per heavy atom. The lowest BCUT2D eigenvalue weighted by atomic mass is 9.46. The summed E-state index contributed by atoms with van der Waals surface area (Å²) in [5, 5.41) is 10.6. The molecule has 0 saturated heterocycles. The molecule has 0 aromatic heterocycles. The van der Waals surface area contributed by atoms with E-state index in [4.69, 9.17) is 4.74 Å². The summed E-state index contributed by atoms with van der Waals surface area (Å²) in [5.74, 6) is -1.85. The van der Waals surface area contributed by atoms with Crippen LogP contribution in [0.2, 0.25) is 0 Å². The second-order valence-electron chi connectivity index (χ2n) is 12.7. The Hall–Kier alpha value is -1.61. The number of carbonyl (C=O) groups is 3. The Labute approximate surface area is 226 Å². The Morgan fingerprint density at radius 3 is 2.53 bits per heavy atom. The van der Waals surface area contributed by atoms with Gasteiger partial charge in [0, 0.05) is 16.7 Å². The second kappa shape index (κ2) is 9.22. The van der Waals surface area contributed by atoms with Crippen molar-refractivity contribution in [1.29, 1.82) is 0 Å². The fraction of sp³-hybridized carbons (Fsp3) is 0.759. The number of hydrogen-bond donors (Lipinski definition) is 1. The highest BCUT2D eigenvalue weighted by Crippen LogP contribution is 2.68. The van der Waals surface area contributed by atoms with Crippen molar-refractivity contribution in [2.75, 3.05) is 6.01 Å². The van der Waals surface area contributed by atoms with Crippen molar-refractivity contribution in [3.63, 3.8) is 0 Å². The number of rotatable bonds is 4. The highest BCUT2D eigenvalue weighted by Gasteiger charge is 2.69. The van der Waals surface area contributed by atoms with Crippen molar-refractivity contribution in [2.24, 2.45) is 28.1 Å². The molecule has 1 N–H and O–H groups in total. The average molecular weight is 555 g/mol. The number of carbonyl (C=O) groups excluding carboxylic acids is 3. The van der Waals surface area contributed by atoms with Gasteiger partial charge < -0.3 is 9.84 Å². The van der Waals surface area contributed by atoms with Crippen LogP contribution in [-0.4, -0.2) is 51.5 Å². The molecule has 38 heavy (non-hydrogen) atoms. The standard InChI is InChI=1S/C29H37F3O5S/c1-25-12-13-28(32)19(15-21(31)20-14-17(33)8-11-26(20,28)2)18(25)6-7-22(25)37-23(34)27(3)9-4-5-10-29(27,36)24(35)38-16-30/h8,11,14,18-19,21-22,36H,4-7,9-10,12-13,15-16H2,1-3H3/t18-,19-,21-,22+,25-,26-,27?,28+,29?/m0/s1. The van der Waals surface area contributed by atoms with Gasteiger partial charge in [-0.3, -0.25) is 14.4 Å². The number of fused-ring (bicyclic) bond motifs is 5. The monoisotopic (exact) mass is 554 g/mol. The van der Waals surface area contributed by atoms with Crippen LogP contribution in [0.5, 0.6) is 0 Å². The zero-order valence-corrected chi connectivity index (χ0v) is 23.1. The van der Waals surface area contributed by atoms with E-state index in [-0.39, 0.29) is 43.0 Å². The maximum absolute atomic E-state index is 17.1. The van der Waals surface area contributed by atoms with Crippen molar-refractivity contribution in [2.45, 2.75) is 102 Å². The molecule has 0 spiro atoms. The van der Waals surface area contributed by atoms with Crippen LogP contribution in [-0.2, 0) is 19.1 Å². The average Bonchev–Trinajstić information content (AvgIpc) is 3.20. The van der Waals surface area contributed by atoms with Crippen LogP contribution < -0.4 is 0 Å². The molecule has 0 aliphatic heterocycles. The summed E-state index contributed by atoms with van der Waals surface area (Å²) in [6, 6.07) is -0.990. The van der Waals surface area contributed by atoms with E-state index in [9.17, 15) is 23.9 Å². The van der Waals surface area contributed by atoms with Gasteiger partial charge in [0.1, 0.15) is 35.0 Å². The number of aliphatic hydroxyl groups is 1. The summed E-state index contributed by atoms with van der Waals surface area (Å²) >= 11 is 0.366. The van der Waals surface area contributed by atoms with Crippen molar-refractivity contribution in [3.05, 3.63) is 23.8 Å². The number of esters is 1. The molecule has 0 aromatic carbocycles. The Kier molecular flexibility index (Phi) is 6.78. The molecule has 9 atom stereocenters. The number of halogens is 3. The molecule has 0 aromatic rings. The van der Waals surface area contributed by atoms with Crippen LogP contribution in [0.15, 0.2) is 23.8 Å². The highest BCUT2D eigenvalue weighted by atomic mass is 32.2. The SMILES string of the molecule is CC1(C(=O)O[C@@H]2CC[C@H]3[C@@H]4C[C@H](F)C5=CC(=O)C=C[C@]5(C)[C@@]4(F)CC[C@]23C)CCCCC1(O)C(=O)SCF. The molecule has 4 saturated carbocycles. The summed E-state index contributed by atoms with van der Waals surface area (Å²) in [4.78, 5) is 38.3. The molecule has 5 rings (SSSR count). The van der Waals surface area contributed by atoms with Gasteiger partial charge in [-0.25, -0.2) is 13.2 Å². The smallest absolute Gasteiger partial charge is 0.315 e. The summed E-state index contributed by atoms with van der Waals surface area (Å²) in [7, 11) is 0. The molecule has 9 heteroatoms. The van der Waals surface area contributed by atoms with Crippen molar-refractivity contribution in [3.8, 4) is 0 Å². The zero-order chi connectivity index (χ0) is 27.7. The maximum Gasteiger partial charge on any atom is 0.315 e. The molecule has 4 fully saturated rings. The van der Waals surface area contributed by atoms with Crippen LogP contribution >= 0.6 is 11.8 Å². The van der Waals surface area contributed by atoms with E-state index in [0.29, 0.717) is 43.9 Å². The summed E-state index contributed by atoms with van der Waals surface area (Å²) in [6.07, 6.45) is 5.18. The lowest BCUT2D eigenvalue weighted by molar-refractivity contribution is -0.197. The minimum Gasteiger partial charge on any atom is -0.461 e. The number of allylic oxidation sites excluding steroid dienone is 4. The first-order chi connectivity index (χ1) is 17.8. The zero-order valence-electron chi connectivity index (χ0n) is 22.2. The Morgan fingerprint density at radius 2 is 1.82 bits per heavy atom. The Bertz CT molecular complexity index is 1110. The van der Waals surface area contributed by atoms with Gasteiger partial charge in [-0.1, -0.05) is 37.6 Å². The normalized spacial score (nSPS) is 48.0. The first-order valence-electron chi connectivity index (χ1n) is 13.7. The lowest BCUT2D eigenvalue weighted by Gasteiger charge is -2.60. The van der Waals surface area contributed by atoms with E-state index >= 15 is 8.78 Å². The lowest BCUT2D eigenvalue weighted by Crippen LogP contribution is -2.63. The number of thioether (sulfide) groups is 1. The van der Waals surface area contributed by atoms with E-state index in [1.165, 1.54) is 25.2 Å². The third-order valence-corrected chi connectivity index (χ3v) is 11.9. The largest absolute Gasteiger partial charge is 0.461 e. The van der Waals surface area contributed by atoms with Crippen LogP contribution in [0.4, 0.5) is 13.2 Å². The van der Waals surface area contributed by atoms with Gasteiger partial charge >= 0.3 is 5.97 Å². The van der Waals surface area contributed by atoms with Crippen LogP contribution in [0.3, 0.4) is 0 Å². The van der Waals surface area contributed by atoms with E-state index < -0.39 is 62.8 Å². The minimum absolute atomic E-state index is 0.0214. The number of ether oxygens (including phenoxy) is 1. The predicted octanol–water partition coefficient (Wildman–Crippen LogP) is 5.74. The Balaban J connectivity index is 1.40. The molecule has 5 nitrogen and oxygen atoms in total. The minimum atomic E-state index is -2.02. The molecule has 210 valence electrons. The quantitative estimate of drug-likeness (QED) is 0.446. The molecule has 5 aliphatic carbocycles. The molecule has 5 aliphatic rings. The third kappa shape index (κ3) is 3.66. The topological polar surface area (TPSA) is 80.7 Å². The van der Waals surface area contributed by atoms with Gasteiger partial charge in [0.15, 0.2) is 5.78 Å². The van der Waals surface area contributed by atoms with Gasteiger partial charge in [-0.15, -0.1) is 0 Å². The van der Waals surface area contributed by atoms with Crippen LogP contribution in [0, 0.1) is 28.1 Å². The summed E-state index contributed by atoms with van der Waals surface area (Å²) < 4.78 is 51.6. The van der Waals surface area contributed by atoms with E-state index in [1.807, 2.05) is 6.92 Å². The van der Waals surface area contributed by atoms with Crippen LogP contribution in [0.25, 0.3) is 0 Å². The molecule has 0 amide bonds. The third-order valence-electron chi connectivity index (χ3n) is 11.2. The number of alkyl halides is 3. The molecular weight excluding hydrogens is 517 g/mol. The van der Waals surface area contributed by atoms with Gasteiger partial charge in [0.2, 0.25) is 5.12 Å². The molecule has 0 bridgehead atoms. The van der Waals surface area contributed by atoms with Gasteiger partial charge in [0.25, 0.3) is 0 Å². The summed E-state index contributed by atoms with van der Waals surface area (Å²) in [5.41, 5.74) is -6.85.